The molecule has 116 valence electrons. The van der Waals surface area contributed by atoms with E-state index in [1.165, 1.54) is 0 Å². The summed E-state index contributed by atoms with van der Waals surface area (Å²) in [6.07, 6.45) is 0.929. The number of nitrogens with one attached hydrogen (secondary N) is 3. The van der Waals surface area contributed by atoms with Crippen LogP contribution in [0.4, 0.5) is 0 Å². The fourth-order valence-electron chi connectivity index (χ4n) is 1.96. The summed E-state index contributed by atoms with van der Waals surface area (Å²) in [6.45, 7) is 10.9. The van der Waals surface area contributed by atoms with E-state index < -0.39 is 10.0 Å². The molecule has 3 N–H and O–H groups in total. The van der Waals surface area contributed by atoms with Crippen LogP contribution in [0.1, 0.15) is 45.5 Å². The van der Waals surface area contributed by atoms with Crippen LogP contribution in [0, 0.1) is 12.8 Å². The van der Waals surface area contributed by atoms with Crippen molar-refractivity contribution in [3.63, 3.8) is 0 Å². The number of rotatable bonds is 8. The predicted octanol–water partition coefficient (Wildman–Crippen LogP) is 1.54. The van der Waals surface area contributed by atoms with Crippen molar-refractivity contribution in [3.05, 3.63) is 11.4 Å². The summed E-state index contributed by atoms with van der Waals surface area (Å²) in [5, 5.41) is 9.95. The van der Waals surface area contributed by atoms with E-state index in [4.69, 9.17) is 0 Å². The highest BCUT2D eigenvalue weighted by atomic mass is 32.2. The third kappa shape index (κ3) is 4.04. The first kappa shape index (κ1) is 17.1. The molecule has 0 aromatic carbocycles. The van der Waals surface area contributed by atoms with Gasteiger partial charge in [0.25, 0.3) is 0 Å². The molecule has 0 radical (unpaired) electrons. The molecule has 0 fully saturated rings. The van der Waals surface area contributed by atoms with Crippen LogP contribution < -0.4 is 10.0 Å². The topological polar surface area (TPSA) is 86.9 Å². The van der Waals surface area contributed by atoms with Gasteiger partial charge in [0, 0.05) is 12.6 Å². The van der Waals surface area contributed by atoms with Crippen molar-refractivity contribution < 1.29 is 8.42 Å². The Balaban J connectivity index is 3.00. The van der Waals surface area contributed by atoms with Crippen LogP contribution in [0.5, 0.6) is 0 Å². The standard InChI is InChI=1S/C13H26N4O2S/c1-6-9(3)10(4)17-20(18,19)13-11(5)15-16-12(13)8-14-7-2/h9-10,14,17H,6-8H2,1-5H3,(H,15,16). The van der Waals surface area contributed by atoms with E-state index in [1.807, 2.05) is 20.8 Å². The molecule has 0 aliphatic carbocycles. The van der Waals surface area contributed by atoms with Crippen molar-refractivity contribution in [1.82, 2.24) is 20.2 Å². The third-order valence-electron chi connectivity index (χ3n) is 3.61. The molecule has 0 saturated heterocycles. The van der Waals surface area contributed by atoms with Gasteiger partial charge in [0.1, 0.15) is 4.90 Å². The van der Waals surface area contributed by atoms with Crippen LogP contribution in [0.3, 0.4) is 0 Å². The minimum absolute atomic E-state index is 0.105. The molecule has 0 aliphatic heterocycles. The van der Waals surface area contributed by atoms with Crippen LogP contribution >= 0.6 is 0 Å². The number of aryl methyl sites for hydroxylation is 1. The van der Waals surface area contributed by atoms with Crippen molar-refractivity contribution in [3.8, 4) is 0 Å². The number of sulfonamides is 1. The van der Waals surface area contributed by atoms with E-state index in [0.717, 1.165) is 13.0 Å². The van der Waals surface area contributed by atoms with Crippen LogP contribution in [0.15, 0.2) is 4.90 Å². The van der Waals surface area contributed by atoms with E-state index in [2.05, 4.69) is 27.2 Å². The van der Waals surface area contributed by atoms with Crippen molar-refractivity contribution in [2.75, 3.05) is 6.54 Å². The molecule has 0 bridgehead atoms. The Bertz CT molecular complexity index is 524. The molecule has 1 heterocycles. The molecule has 0 saturated carbocycles. The average Bonchev–Trinajstić information content (AvgIpc) is 2.76. The quantitative estimate of drug-likeness (QED) is 0.680. The van der Waals surface area contributed by atoms with Gasteiger partial charge in [-0.15, -0.1) is 0 Å². The maximum Gasteiger partial charge on any atom is 0.244 e. The molecule has 1 aromatic heterocycles. The van der Waals surface area contributed by atoms with Gasteiger partial charge in [0.2, 0.25) is 10.0 Å². The second-order valence-corrected chi connectivity index (χ2v) is 6.85. The smallest absolute Gasteiger partial charge is 0.244 e. The zero-order valence-electron chi connectivity index (χ0n) is 12.9. The van der Waals surface area contributed by atoms with E-state index in [1.54, 1.807) is 6.92 Å². The van der Waals surface area contributed by atoms with Crippen molar-refractivity contribution >= 4 is 10.0 Å². The molecule has 1 rings (SSSR count). The lowest BCUT2D eigenvalue weighted by Crippen LogP contribution is -2.37. The molecule has 7 heteroatoms. The Morgan fingerprint density at radius 2 is 1.95 bits per heavy atom. The van der Waals surface area contributed by atoms with Crippen LogP contribution in [0.25, 0.3) is 0 Å². The first-order chi connectivity index (χ1) is 9.33. The van der Waals surface area contributed by atoms with Crippen molar-refractivity contribution in [2.45, 2.75) is 58.5 Å². The Kier molecular flexibility index (Phi) is 6.16. The minimum Gasteiger partial charge on any atom is -0.311 e. The summed E-state index contributed by atoms with van der Waals surface area (Å²) in [5.74, 6) is 0.286. The SMILES string of the molecule is CCNCc1n[nH]c(C)c1S(=O)(=O)NC(C)C(C)CC. The highest BCUT2D eigenvalue weighted by molar-refractivity contribution is 7.89. The monoisotopic (exact) mass is 302 g/mol. The van der Waals surface area contributed by atoms with Crippen LogP contribution in [-0.2, 0) is 16.6 Å². The molecule has 1 aromatic rings. The third-order valence-corrected chi connectivity index (χ3v) is 5.37. The normalized spacial score (nSPS) is 15.2. The van der Waals surface area contributed by atoms with Gasteiger partial charge in [-0.2, -0.15) is 5.10 Å². The van der Waals surface area contributed by atoms with Crippen LogP contribution in [0.2, 0.25) is 0 Å². The number of hydrogen-bond donors (Lipinski definition) is 3. The summed E-state index contributed by atoms with van der Waals surface area (Å²) in [7, 11) is -3.55. The summed E-state index contributed by atoms with van der Waals surface area (Å²) in [6, 6.07) is -0.105. The molecule has 0 aliphatic rings. The highest BCUT2D eigenvalue weighted by Gasteiger charge is 2.26. The number of aromatic nitrogens is 2. The Morgan fingerprint density at radius 1 is 1.30 bits per heavy atom. The van der Waals surface area contributed by atoms with Crippen molar-refractivity contribution in [2.24, 2.45) is 5.92 Å². The van der Waals surface area contributed by atoms with Gasteiger partial charge in [-0.1, -0.05) is 27.2 Å². The fraction of sp³-hybridized carbons (Fsp3) is 0.769. The Labute approximate surface area is 121 Å². The van der Waals surface area contributed by atoms with Gasteiger partial charge >= 0.3 is 0 Å². The molecule has 6 nitrogen and oxygen atoms in total. The molecule has 0 spiro atoms. The summed E-state index contributed by atoms with van der Waals surface area (Å²) in [4.78, 5) is 0.272. The zero-order chi connectivity index (χ0) is 15.3. The molecule has 20 heavy (non-hydrogen) atoms. The lowest BCUT2D eigenvalue weighted by Gasteiger charge is -2.20. The largest absolute Gasteiger partial charge is 0.311 e. The van der Waals surface area contributed by atoms with E-state index in [-0.39, 0.29) is 16.9 Å². The molecule has 2 atom stereocenters. The summed E-state index contributed by atoms with van der Waals surface area (Å²) >= 11 is 0. The molecule has 2 unspecified atom stereocenters. The summed E-state index contributed by atoms with van der Waals surface area (Å²) in [5.41, 5.74) is 1.11. The number of nitrogens with zero attached hydrogens (tertiary/aromatic N) is 1. The highest BCUT2D eigenvalue weighted by Crippen LogP contribution is 2.19. The maximum absolute atomic E-state index is 12.5. The van der Waals surface area contributed by atoms with E-state index in [0.29, 0.717) is 17.9 Å². The molecule has 0 amide bonds. The van der Waals surface area contributed by atoms with Gasteiger partial charge in [0.15, 0.2) is 0 Å². The zero-order valence-corrected chi connectivity index (χ0v) is 13.8. The van der Waals surface area contributed by atoms with Gasteiger partial charge in [-0.05, 0) is 26.3 Å². The van der Waals surface area contributed by atoms with Crippen molar-refractivity contribution in [1.29, 1.82) is 0 Å². The lowest BCUT2D eigenvalue weighted by atomic mass is 10.0. The minimum atomic E-state index is -3.55. The van der Waals surface area contributed by atoms with Gasteiger partial charge in [0.05, 0.1) is 11.4 Å². The number of hydrogen-bond acceptors (Lipinski definition) is 4. The second kappa shape index (κ2) is 7.19. The first-order valence-electron chi connectivity index (χ1n) is 7.10. The Morgan fingerprint density at radius 3 is 2.50 bits per heavy atom. The van der Waals surface area contributed by atoms with E-state index in [9.17, 15) is 8.42 Å². The van der Waals surface area contributed by atoms with Crippen LogP contribution in [-0.4, -0.2) is 31.2 Å². The van der Waals surface area contributed by atoms with Gasteiger partial charge in [-0.3, -0.25) is 5.10 Å². The second-order valence-electron chi connectivity index (χ2n) is 5.20. The molecular formula is C13H26N4O2S. The first-order valence-corrected chi connectivity index (χ1v) is 8.58. The predicted molar refractivity (Wildman–Crippen MR) is 79.9 cm³/mol. The van der Waals surface area contributed by atoms with E-state index >= 15 is 0 Å². The Hall–Kier alpha value is -0.920. The number of H-pyrrole nitrogens is 1. The fourth-order valence-corrected chi connectivity index (χ4v) is 3.68. The van der Waals surface area contributed by atoms with Gasteiger partial charge < -0.3 is 5.32 Å². The lowest BCUT2D eigenvalue weighted by molar-refractivity contribution is 0.433. The molecular weight excluding hydrogens is 276 g/mol. The summed E-state index contributed by atoms with van der Waals surface area (Å²) < 4.78 is 27.8. The maximum atomic E-state index is 12.5. The average molecular weight is 302 g/mol. The van der Waals surface area contributed by atoms with Gasteiger partial charge in [-0.25, -0.2) is 13.1 Å². The number of aromatic amines is 1.